The maximum absolute atomic E-state index is 13.4. The zero-order chi connectivity index (χ0) is 21.9. The third-order valence-electron chi connectivity index (χ3n) is 5.19. The molecule has 1 atom stereocenters. The Bertz CT molecular complexity index is 980. The highest BCUT2D eigenvalue weighted by Gasteiger charge is 2.52. The Morgan fingerprint density at radius 1 is 1.20 bits per heavy atom. The van der Waals surface area contributed by atoms with Gasteiger partial charge in [-0.2, -0.15) is 0 Å². The van der Waals surface area contributed by atoms with E-state index in [1.807, 2.05) is 13.8 Å². The van der Waals surface area contributed by atoms with Crippen molar-refractivity contribution >= 4 is 35.1 Å². The van der Waals surface area contributed by atoms with Gasteiger partial charge in [0.05, 0.1) is 0 Å². The van der Waals surface area contributed by atoms with Crippen molar-refractivity contribution in [2.75, 3.05) is 11.9 Å². The van der Waals surface area contributed by atoms with E-state index in [-0.39, 0.29) is 0 Å². The summed E-state index contributed by atoms with van der Waals surface area (Å²) in [4.78, 5) is 39.4. The molecule has 2 aromatic carbocycles. The first kappa shape index (κ1) is 21.8. The van der Waals surface area contributed by atoms with Crippen LogP contribution in [0.25, 0.3) is 0 Å². The number of hydrogen-bond donors (Lipinski definition) is 2. The highest BCUT2D eigenvalue weighted by atomic mass is 35.5. The topological polar surface area (TPSA) is 78.5 Å². The highest BCUT2D eigenvalue weighted by Crippen LogP contribution is 2.34. The number of imide groups is 1. The van der Waals surface area contributed by atoms with Crippen molar-refractivity contribution in [3.8, 4) is 0 Å². The zero-order valence-corrected chi connectivity index (χ0v) is 17.6. The van der Waals surface area contributed by atoms with Crippen LogP contribution in [0.15, 0.2) is 42.5 Å². The summed E-state index contributed by atoms with van der Waals surface area (Å²) in [6.07, 6.45) is 1.83. The second-order valence-corrected chi connectivity index (χ2v) is 7.78. The fourth-order valence-corrected chi connectivity index (χ4v) is 3.69. The van der Waals surface area contributed by atoms with Gasteiger partial charge in [0.1, 0.15) is 17.9 Å². The largest absolute Gasteiger partial charge is 0.325 e. The van der Waals surface area contributed by atoms with Crippen LogP contribution < -0.4 is 10.6 Å². The van der Waals surface area contributed by atoms with Crippen LogP contribution in [0.2, 0.25) is 5.02 Å². The van der Waals surface area contributed by atoms with Gasteiger partial charge in [-0.25, -0.2) is 9.18 Å². The maximum Gasteiger partial charge on any atom is 0.325 e. The molecule has 1 heterocycles. The minimum atomic E-state index is -1.31. The van der Waals surface area contributed by atoms with Crippen molar-refractivity contribution in [1.29, 1.82) is 0 Å². The Hall–Kier alpha value is -2.93. The smallest absolute Gasteiger partial charge is 0.324 e. The third-order valence-corrected chi connectivity index (χ3v) is 5.43. The minimum absolute atomic E-state index is 0.352. The van der Waals surface area contributed by atoms with Crippen molar-refractivity contribution in [3.05, 3.63) is 64.4 Å². The van der Waals surface area contributed by atoms with Crippen LogP contribution in [0.3, 0.4) is 0 Å². The van der Waals surface area contributed by atoms with Gasteiger partial charge < -0.3 is 10.6 Å². The lowest BCUT2D eigenvalue weighted by Gasteiger charge is -2.27. The van der Waals surface area contributed by atoms with Gasteiger partial charge in [0, 0.05) is 10.7 Å². The molecule has 4 amide bonds. The van der Waals surface area contributed by atoms with Crippen molar-refractivity contribution in [3.63, 3.8) is 0 Å². The summed E-state index contributed by atoms with van der Waals surface area (Å²) in [5.41, 5.74) is 0.487. The van der Waals surface area contributed by atoms with Crippen molar-refractivity contribution < 1.29 is 18.8 Å². The summed E-state index contributed by atoms with van der Waals surface area (Å²) >= 11 is 5.98. The van der Waals surface area contributed by atoms with Crippen LogP contribution in [0.4, 0.5) is 14.9 Å². The number of anilines is 1. The van der Waals surface area contributed by atoms with Crippen molar-refractivity contribution in [2.45, 2.75) is 38.6 Å². The van der Waals surface area contributed by atoms with Crippen LogP contribution in [-0.2, 0) is 15.1 Å². The first-order valence-electron chi connectivity index (χ1n) is 9.73. The van der Waals surface area contributed by atoms with E-state index >= 15 is 0 Å². The molecule has 3 rings (SSSR count). The normalized spacial score (nSPS) is 18.5. The van der Waals surface area contributed by atoms with E-state index in [2.05, 4.69) is 10.6 Å². The van der Waals surface area contributed by atoms with Crippen LogP contribution in [-0.4, -0.2) is 29.3 Å². The maximum atomic E-state index is 13.4. The summed E-state index contributed by atoms with van der Waals surface area (Å²) in [5.74, 6) is -1.48. The number of nitrogens with one attached hydrogen (secondary N) is 2. The van der Waals surface area contributed by atoms with Gasteiger partial charge in [-0.3, -0.25) is 14.5 Å². The molecule has 0 aromatic heterocycles. The number of carbonyl (C=O) groups is 3. The Morgan fingerprint density at radius 2 is 1.90 bits per heavy atom. The molecule has 1 saturated heterocycles. The van der Waals surface area contributed by atoms with E-state index in [0.29, 0.717) is 29.1 Å². The van der Waals surface area contributed by atoms with E-state index in [0.717, 1.165) is 16.9 Å². The summed E-state index contributed by atoms with van der Waals surface area (Å²) in [7, 11) is 0. The van der Waals surface area contributed by atoms with Crippen LogP contribution in [0, 0.1) is 12.7 Å². The van der Waals surface area contributed by atoms with Crippen LogP contribution >= 0.6 is 11.6 Å². The van der Waals surface area contributed by atoms with Crippen molar-refractivity contribution in [2.24, 2.45) is 0 Å². The van der Waals surface area contributed by atoms with E-state index in [1.165, 1.54) is 24.3 Å². The number of hydrogen-bond acceptors (Lipinski definition) is 3. The predicted octanol–water partition coefficient (Wildman–Crippen LogP) is 4.36. The Kier molecular flexibility index (Phi) is 6.41. The molecule has 6 nitrogen and oxygen atoms in total. The number of urea groups is 1. The molecule has 1 aliphatic heterocycles. The molecule has 0 saturated carbocycles. The first-order chi connectivity index (χ1) is 14.3. The quantitative estimate of drug-likeness (QED) is 0.639. The van der Waals surface area contributed by atoms with E-state index in [1.54, 1.807) is 18.2 Å². The Balaban J connectivity index is 1.83. The molecule has 8 heteroatoms. The fourth-order valence-electron chi connectivity index (χ4n) is 3.52. The molecule has 2 aromatic rings. The first-order valence-corrected chi connectivity index (χ1v) is 10.1. The van der Waals surface area contributed by atoms with E-state index in [9.17, 15) is 18.8 Å². The molecule has 1 aliphatic rings. The molecular weight excluding hydrogens is 409 g/mol. The van der Waals surface area contributed by atoms with Gasteiger partial charge in [0.25, 0.3) is 5.91 Å². The average molecular weight is 432 g/mol. The number of amides is 4. The molecular formula is C22H23ClFN3O3. The van der Waals surface area contributed by atoms with Gasteiger partial charge in [-0.1, -0.05) is 49.6 Å². The second kappa shape index (κ2) is 8.83. The van der Waals surface area contributed by atoms with E-state index < -0.39 is 35.7 Å². The SMILES string of the molecule is CCCC[C@@]1(c2ccc(F)cc2)NC(=O)N(CC(=O)Nc2cc(Cl)ccc2C)C1=O. The molecule has 158 valence electrons. The summed E-state index contributed by atoms with van der Waals surface area (Å²) < 4.78 is 13.4. The fraction of sp³-hybridized carbons (Fsp3) is 0.318. The lowest BCUT2D eigenvalue weighted by molar-refractivity contribution is -0.134. The van der Waals surface area contributed by atoms with Gasteiger partial charge in [-0.05, 0) is 48.7 Å². The number of benzene rings is 2. The van der Waals surface area contributed by atoms with Gasteiger partial charge in [-0.15, -0.1) is 0 Å². The summed E-state index contributed by atoms with van der Waals surface area (Å²) in [5, 5.41) is 5.89. The zero-order valence-electron chi connectivity index (χ0n) is 16.8. The molecule has 30 heavy (non-hydrogen) atoms. The third kappa shape index (κ3) is 4.31. The van der Waals surface area contributed by atoms with Gasteiger partial charge in [0.15, 0.2) is 0 Å². The number of aryl methyl sites for hydroxylation is 1. The number of carbonyl (C=O) groups excluding carboxylic acids is 3. The number of nitrogens with zero attached hydrogens (tertiary/aromatic N) is 1. The van der Waals surface area contributed by atoms with Crippen LogP contribution in [0.5, 0.6) is 0 Å². The monoisotopic (exact) mass is 431 g/mol. The van der Waals surface area contributed by atoms with Crippen molar-refractivity contribution in [1.82, 2.24) is 10.2 Å². The Morgan fingerprint density at radius 3 is 2.57 bits per heavy atom. The number of rotatable bonds is 7. The summed E-state index contributed by atoms with van der Waals surface area (Å²) in [6.45, 7) is 3.34. The lowest BCUT2D eigenvalue weighted by atomic mass is 9.85. The second-order valence-electron chi connectivity index (χ2n) is 7.34. The number of halogens is 2. The lowest BCUT2D eigenvalue weighted by Crippen LogP contribution is -2.44. The van der Waals surface area contributed by atoms with Gasteiger partial charge >= 0.3 is 6.03 Å². The standard InChI is InChI=1S/C22H23ClFN3O3/c1-3-4-11-22(15-6-9-17(24)10-7-15)20(29)27(21(30)26-22)13-19(28)25-18-12-16(23)8-5-14(18)2/h5-10,12H,3-4,11,13H2,1-2H3,(H,25,28)(H,26,30)/t22-/m0/s1. The Labute approximate surface area is 179 Å². The molecule has 1 fully saturated rings. The average Bonchev–Trinajstić information content (AvgIpc) is 2.95. The molecule has 0 radical (unpaired) electrons. The predicted molar refractivity (Wildman–Crippen MR) is 113 cm³/mol. The highest BCUT2D eigenvalue weighted by molar-refractivity contribution is 6.31. The molecule has 2 N–H and O–H groups in total. The minimum Gasteiger partial charge on any atom is -0.324 e. The molecule has 0 bridgehead atoms. The molecule has 0 aliphatic carbocycles. The summed E-state index contributed by atoms with van der Waals surface area (Å²) in [6, 6.07) is 9.89. The van der Waals surface area contributed by atoms with Gasteiger partial charge in [0.2, 0.25) is 5.91 Å². The molecule has 0 spiro atoms. The number of unbranched alkanes of at least 4 members (excludes halogenated alkanes) is 1. The van der Waals surface area contributed by atoms with Crippen LogP contribution in [0.1, 0.15) is 37.3 Å². The van der Waals surface area contributed by atoms with E-state index in [4.69, 9.17) is 11.6 Å². The molecule has 0 unspecified atom stereocenters.